The quantitative estimate of drug-likeness (QED) is 0.658. The van der Waals surface area contributed by atoms with Gasteiger partial charge in [-0.1, -0.05) is 0 Å². The lowest BCUT2D eigenvalue weighted by Crippen LogP contribution is -2.38. The molecule has 70 valence electrons. The van der Waals surface area contributed by atoms with Gasteiger partial charge < -0.3 is 4.74 Å². The minimum Gasteiger partial charge on any atom is -0.381 e. The molecule has 0 spiro atoms. The zero-order chi connectivity index (χ0) is 8.97. The summed E-state index contributed by atoms with van der Waals surface area (Å²) in [5.74, 6) is 0. The highest BCUT2D eigenvalue weighted by atomic mass is 32.1. The molecule has 1 saturated heterocycles. The topological polar surface area (TPSA) is 29.5 Å². The Labute approximate surface area is 78.5 Å². The van der Waals surface area contributed by atoms with Crippen molar-refractivity contribution in [3.05, 3.63) is 0 Å². The van der Waals surface area contributed by atoms with Gasteiger partial charge in [0.05, 0.1) is 12.6 Å². The van der Waals surface area contributed by atoms with Crippen LogP contribution in [0.2, 0.25) is 0 Å². The van der Waals surface area contributed by atoms with Crippen LogP contribution in [0.25, 0.3) is 0 Å². The van der Waals surface area contributed by atoms with Crippen LogP contribution in [0.4, 0.5) is 0 Å². The maximum Gasteiger partial charge on any atom is 0.199 e. The first kappa shape index (κ1) is 10.0. The van der Waals surface area contributed by atoms with Gasteiger partial charge in [0.2, 0.25) is 0 Å². The van der Waals surface area contributed by atoms with Gasteiger partial charge in [-0.25, -0.2) is 0 Å². The van der Waals surface area contributed by atoms with E-state index in [2.05, 4.69) is 17.5 Å². The van der Waals surface area contributed by atoms with Crippen molar-refractivity contribution in [2.75, 3.05) is 26.7 Å². The van der Waals surface area contributed by atoms with Gasteiger partial charge in [-0.05, 0) is 12.8 Å². The van der Waals surface area contributed by atoms with Gasteiger partial charge >= 0.3 is 0 Å². The van der Waals surface area contributed by atoms with Gasteiger partial charge in [0.15, 0.2) is 5.12 Å². The van der Waals surface area contributed by atoms with Crippen LogP contribution in [0.5, 0.6) is 0 Å². The molecule has 1 rings (SSSR count). The van der Waals surface area contributed by atoms with Crippen LogP contribution in [0, 0.1) is 0 Å². The van der Waals surface area contributed by atoms with E-state index in [1.165, 1.54) is 0 Å². The van der Waals surface area contributed by atoms with Crippen LogP contribution in [-0.4, -0.2) is 42.9 Å². The molecule has 0 radical (unpaired) electrons. The van der Waals surface area contributed by atoms with E-state index in [-0.39, 0.29) is 5.12 Å². The van der Waals surface area contributed by atoms with Crippen molar-refractivity contribution in [3.63, 3.8) is 0 Å². The monoisotopic (exact) mass is 189 g/mol. The highest BCUT2D eigenvalue weighted by molar-refractivity contribution is 7.96. The molecule has 0 N–H and O–H groups in total. The van der Waals surface area contributed by atoms with Gasteiger partial charge in [-0.15, -0.1) is 12.6 Å². The lowest BCUT2D eigenvalue weighted by Gasteiger charge is -2.29. The summed E-state index contributed by atoms with van der Waals surface area (Å²) in [5, 5.41) is -0.0501. The summed E-state index contributed by atoms with van der Waals surface area (Å²) in [5.41, 5.74) is 0. The fraction of sp³-hybridized carbons (Fsp3) is 0.875. The van der Waals surface area contributed by atoms with E-state index in [0.29, 0.717) is 12.6 Å². The third-order valence-electron chi connectivity index (χ3n) is 2.23. The third-order valence-corrected chi connectivity index (χ3v) is 2.37. The molecule has 0 amide bonds. The summed E-state index contributed by atoms with van der Waals surface area (Å²) in [6.07, 6.45) is 2.44. The number of piperidine rings is 1. The largest absolute Gasteiger partial charge is 0.381 e. The molecule has 0 aromatic carbocycles. The molecule has 4 heteroatoms. The Morgan fingerprint density at radius 2 is 2.17 bits per heavy atom. The molecule has 0 saturated carbocycles. The lowest BCUT2D eigenvalue weighted by atomic mass is 10.1. The SMILES string of the molecule is COC1CCN(CC(=O)S)CC1. The first-order valence-electron chi connectivity index (χ1n) is 4.19. The van der Waals surface area contributed by atoms with Gasteiger partial charge in [-0.3, -0.25) is 9.69 Å². The molecule has 1 aliphatic rings. The molecule has 0 atom stereocenters. The standard InChI is InChI=1S/C8H15NO2S/c1-11-7-2-4-9(5-3-7)6-8(10)12/h7H,2-6H2,1H3,(H,10,12). The number of hydrogen-bond donors (Lipinski definition) is 1. The Balaban J connectivity index is 2.21. The van der Waals surface area contributed by atoms with E-state index >= 15 is 0 Å². The van der Waals surface area contributed by atoms with Crippen molar-refractivity contribution >= 4 is 17.7 Å². The predicted octanol–water partition coefficient (Wildman–Crippen LogP) is 0.554. The van der Waals surface area contributed by atoms with Gasteiger partial charge in [0, 0.05) is 20.2 Å². The highest BCUT2D eigenvalue weighted by Crippen LogP contribution is 2.12. The molecule has 0 aliphatic carbocycles. The summed E-state index contributed by atoms with van der Waals surface area (Å²) < 4.78 is 5.21. The minimum atomic E-state index is -0.0501. The summed E-state index contributed by atoms with van der Waals surface area (Å²) >= 11 is 3.74. The molecule has 0 bridgehead atoms. The van der Waals surface area contributed by atoms with E-state index in [9.17, 15) is 4.79 Å². The number of rotatable bonds is 3. The van der Waals surface area contributed by atoms with E-state index < -0.39 is 0 Å². The second-order valence-corrected chi connectivity index (χ2v) is 3.60. The number of likely N-dealkylation sites (tertiary alicyclic amines) is 1. The summed E-state index contributed by atoms with van der Waals surface area (Å²) in [6, 6.07) is 0. The minimum absolute atomic E-state index is 0.0501. The smallest absolute Gasteiger partial charge is 0.199 e. The maximum atomic E-state index is 10.7. The number of hydrogen-bond acceptors (Lipinski definition) is 3. The van der Waals surface area contributed by atoms with Gasteiger partial charge in [0.25, 0.3) is 0 Å². The summed E-state index contributed by atoms with van der Waals surface area (Å²) in [4.78, 5) is 12.8. The number of thiol groups is 1. The van der Waals surface area contributed by atoms with E-state index in [4.69, 9.17) is 4.74 Å². The lowest BCUT2D eigenvalue weighted by molar-refractivity contribution is -0.112. The average molecular weight is 189 g/mol. The maximum absolute atomic E-state index is 10.7. The molecular weight excluding hydrogens is 174 g/mol. The van der Waals surface area contributed by atoms with Crippen molar-refractivity contribution in [1.82, 2.24) is 4.90 Å². The zero-order valence-corrected chi connectivity index (χ0v) is 8.22. The molecule has 0 unspecified atom stereocenters. The zero-order valence-electron chi connectivity index (χ0n) is 7.32. The molecular formula is C8H15NO2S. The highest BCUT2D eigenvalue weighted by Gasteiger charge is 2.18. The summed E-state index contributed by atoms with van der Waals surface area (Å²) in [7, 11) is 1.74. The van der Waals surface area contributed by atoms with Crippen LogP contribution in [-0.2, 0) is 9.53 Å². The number of methoxy groups -OCH3 is 1. The first-order valence-corrected chi connectivity index (χ1v) is 4.64. The molecule has 12 heavy (non-hydrogen) atoms. The second-order valence-electron chi connectivity index (χ2n) is 3.10. The predicted molar refractivity (Wildman–Crippen MR) is 50.5 cm³/mol. The molecule has 0 aromatic rings. The fourth-order valence-electron chi connectivity index (χ4n) is 1.49. The Morgan fingerprint density at radius 3 is 2.58 bits per heavy atom. The summed E-state index contributed by atoms with van der Waals surface area (Å²) in [6.45, 7) is 2.37. The second kappa shape index (κ2) is 4.84. The molecule has 1 fully saturated rings. The Kier molecular flexibility index (Phi) is 4.05. The van der Waals surface area contributed by atoms with Gasteiger partial charge in [0.1, 0.15) is 0 Å². The Morgan fingerprint density at radius 1 is 1.58 bits per heavy atom. The van der Waals surface area contributed by atoms with Crippen LogP contribution in [0.1, 0.15) is 12.8 Å². The third kappa shape index (κ3) is 3.13. The Bertz CT molecular complexity index is 155. The van der Waals surface area contributed by atoms with Crippen LogP contribution in [0.3, 0.4) is 0 Å². The molecule has 0 aromatic heterocycles. The number of nitrogens with zero attached hydrogens (tertiary/aromatic N) is 1. The van der Waals surface area contributed by atoms with E-state index in [1.807, 2.05) is 0 Å². The van der Waals surface area contributed by atoms with E-state index in [1.54, 1.807) is 7.11 Å². The first-order chi connectivity index (χ1) is 5.72. The molecule has 1 heterocycles. The number of carbonyl (C=O) groups excluding carboxylic acids is 1. The average Bonchev–Trinajstić information content (AvgIpc) is 2.05. The van der Waals surface area contributed by atoms with Crippen molar-refractivity contribution in [3.8, 4) is 0 Å². The van der Waals surface area contributed by atoms with Crippen molar-refractivity contribution in [2.24, 2.45) is 0 Å². The van der Waals surface area contributed by atoms with Crippen LogP contribution in [0.15, 0.2) is 0 Å². The normalized spacial score (nSPS) is 21.2. The van der Waals surface area contributed by atoms with Crippen molar-refractivity contribution < 1.29 is 9.53 Å². The van der Waals surface area contributed by atoms with Crippen LogP contribution < -0.4 is 0 Å². The molecule has 3 nitrogen and oxygen atoms in total. The van der Waals surface area contributed by atoms with Crippen molar-refractivity contribution in [2.45, 2.75) is 18.9 Å². The van der Waals surface area contributed by atoms with Crippen molar-refractivity contribution in [1.29, 1.82) is 0 Å². The Hall–Kier alpha value is -0.0600. The fourth-order valence-corrected chi connectivity index (χ4v) is 1.69. The van der Waals surface area contributed by atoms with Gasteiger partial charge in [-0.2, -0.15) is 0 Å². The molecule has 1 aliphatic heterocycles. The number of carbonyl (C=O) groups is 1. The van der Waals surface area contributed by atoms with Crippen LogP contribution >= 0.6 is 12.6 Å². The van der Waals surface area contributed by atoms with E-state index in [0.717, 1.165) is 25.9 Å². The number of ether oxygens (including phenoxy) is 1.